The smallest absolute Gasteiger partial charge is 0.258 e. The number of anilines is 1. The minimum absolute atomic E-state index is 0.0846. The van der Waals surface area contributed by atoms with Gasteiger partial charge in [0.25, 0.3) is 5.91 Å². The van der Waals surface area contributed by atoms with Crippen LogP contribution in [0.2, 0.25) is 10.0 Å². The molecule has 3 aromatic carbocycles. The number of carbonyl (C=O) groups excluding carboxylic acids is 1. The van der Waals surface area contributed by atoms with E-state index < -0.39 is 5.91 Å². The van der Waals surface area contributed by atoms with Gasteiger partial charge in [-0.2, -0.15) is 4.80 Å². The van der Waals surface area contributed by atoms with Crippen LogP contribution in [0.25, 0.3) is 16.7 Å². The van der Waals surface area contributed by atoms with E-state index >= 15 is 0 Å². The number of thiocarbonyl (C=S) groups is 1. The van der Waals surface area contributed by atoms with Crippen molar-refractivity contribution in [3.63, 3.8) is 0 Å². The lowest BCUT2D eigenvalue weighted by Gasteiger charge is -2.10. The zero-order valence-corrected chi connectivity index (χ0v) is 17.4. The van der Waals surface area contributed by atoms with Gasteiger partial charge in [0.1, 0.15) is 16.9 Å². The third-order valence-corrected chi connectivity index (χ3v) is 4.86. The summed E-state index contributed by atoms with van der Waals surface area (Å²) in [5.74, 6) is -0.820. The van der Waals surface area contributed by atoms with E-state index in [2.05, 4.69) is 20.8 Å². The average molecular weight is 460 g/mol. The minimum atomic E-state index is -0.483. The molecule has 0 aliphatic rings. The molecule has 0 fully saturated rings. The number of amides is 1. The normalized spacial score (nSPS) is 10.8. The number of hydrogen-bond acceptors (Lipinski definition) is 4. The van der Waals surface area contributed by atoms with E-state index in [1.807, 2.05) is 0 Å². The summed E-state index contributed by atoms with van der Waals surface area (Å²) in [5, 5.41) is 15.0. The highest BCUT2D eigenvalue weighted by Gasteiger charge is 2.13. The molecule has 0 bridgehead atoms. The number of halogens is 3. The van der Waals surface area contributed by atoms with Gasteiger partial charge in [-0.05, 0) is 72.9 Å². The zero-order valence-electron chi connectivity index (χ0n) is 15.1. The minimum Gasteiger partial charge on any atom is -0.332 e. The van der Waals surface area contributed by atoms with Crippen molar-refractivity contribution in [3.05, 3.63) is 82.1 Å². The summed E-state index contributed by atoms with van der Waals surface area (Å²) in [6.07, 6.45) is 0. The summed E-state index contributed by atoms with van der Waals surface area (Å²) >= 11 is 17.2. The fraction of sp³-hybridized carbons (Fsp3) is 0. The maximum atomic E-state index is 13.1. The maximum absolute atomic E-state index is 13.1. The highest BCUT2D eigenvalue weighted by atomic mass is 35.5. The molecule has 150 valence electrons. The van der Waals surface area contributed by atoms with Crippen molar-refractivity contribution in [2.45, 2.75) is 0 Å². The summed E-state index contributed by atoms with van der Waals surface area (Å²) in [4.78, 5) is 13.8. The van der Waals surface area contributed by atoms with E-state index in [4.69, 9.17) is 35.4 Å². The SMILES string of the molecule is O=C(NC(=S)Nc1ccc2nn(-c3ccc(F)cc3)nc2c1)c1cc(Cl)ccc1Cl. The van der Waals surface area contributed by atoms with Crippen molar-refractivity contribution in [2.75, 3.05) is 5.32 Å². The van der Waals surface area contributed by atoms with Crippen LogP contribution in [0.15, 0.2) is 60.7 Å². The molecule has 0 radical (unpaired) electrons. The number of nitrogens with zero attached hydrogens (tertiary/aromatic N) is 3. The fourth-order valence-electron chi connectivity index (χ4n) is 2.69. The molecule has 1 aromatic heterocycles. The first-order valence-corrected chi connectivity index (χ1v) is 9.76. The van der Waals surface area contributed by atoms with Crippen molar-refractivity contribution in [1.29, 1.82) is 0 Å². The predicted molar refractivity (Wildman–Crippen MR) is 119 cm³/mol. The van der Waals surface area contributed by atoms with Crippen LogP contribution < -0.4 is 10.6 Å². The number of benzene rings is 3. The lowest BCUT2D eigenvalue weighted by atomic mass is 10.2. The van der Waals surface area contributed by atoms with Gasteiger partial charge in [-0.1, -0.05) is 23.2 Å². The Morgan fingerprint density at radius 1 is 0.967 bits per heavy atom. The molecule has 6 nitrogen and oxygen atoms in total. The van der Waals surface area contributed by atoms with Crippen LogP contribution in [0.4, 0.5) is 10.1 Å². The van der Waals surface area contributed by atoms with Crippen molar-refractivity contribution in [1.82, 2.24) is 20.3 Å². The number of aromatic nitrogens is 3. The Hall–Kier alpha value is -3.07. The number of fused-ring (bicyclic) bond motifs is 1. The molecule has 2 N–H and O–H groups in total. The molecule has 0 atom stereocenters. The van der Waals surface area contributed by atoms with Crippen LogP contribution in [0, 0.1) is 5.82 Å². The molecular weight excluding hydrogens is 448 g/mol. The van der Waals surface area contributed by atoms with E-state index in [1.165, 1.54) is 29.1 Å². The first kappa shape index (κ1) is 20.2. The monoisotopic (exact) mass is 459 g/mol. The van der Waals surface area contributed by atoms with Gasteiger partial charge in [0.05, 0.1) is 16.3 Å². The molecule has 0 unspecified atom stereocenters. The molecule has 0 spiro atoms. The molecular formula is C20H12Cl2FN5OS. The fourth-order valence-corrected chi connectivity index (χ4v) is 3.27. The van der Waals surface area contributed by atoms with Gasteiger partial charge in [-0.15, -0.1) is 10.2 Å². The second-order valence-electron chi connectivity index (χ2n) is 6.20. The van der Waals surface area contributed by atoms with Gasteiger partial charge in [0, 0.05) is 10.7 Å². The molecule has 4 rings (SSSR count). The Morgan fingerprint density at radius 3 is 2.47 bits per heavy atom. The van der Waals surface area contributed by atoms with Crippen LogP contribution in [-0.2, 0) is 0 Å². The van der Waals surface area contributed by atoms with Gasteiger partial charge in [-0.3, -0.25) is 10.1 Å². The van der Waals surface area contributed by atoms with E-state index in [9.17, 15) is 9.18 Å². The molecule has 0 aliphatic carbocycles. The Kier molecular flexibility index (Phi) is 5.63. The van der Waals surface area contributed by atoms with Gasteiger partial charge >= 0.3 is 0 Å². The van der Waals surface area contributed by atoms with E-state index in [0.29, 0.717) is 27.4 Å². The van der Waals surface area contributed by atoms with Crippen LogP contribution >= 0.6 is 35.4 Å². The number of hydrogen-bond donors (Lipinski definition) is 2. The zero-order chi connectivity index (χ0) is 21.3. The summed E-state index contributed by atoms with van der Waals surface area (Å²) in [7, 11) is 0. The van der Waals surface area contributed by atoms with Gasteiger partial charge in [0.2, 0.25) is 0 Å². The topological polar surface area (TPSA) is 71.8 Å². The van der Waals surface area contributed by atoms with E-state index in [0.717, 1.165) is 0 Å². The Bertz CT molecular complexity index is 1280. The van der Waals surface area contributed by atoms with Gasteiger partial charge in [-0.25, -0.2) is 4.39 Å². The standard InChI is InChI=1S/C20H12Cl2FN5OS/c21-11-1-7-16(22)15(9-11)19(29)25-20(30)24-13-4-8-17-18(10-13)27-28(26-17)14-5-2-12(23)3-6-14/h1-10H,(H2,24,25,29,30). The largest absolute Gasteiger partial charge is 0.332 e. The first-order chi connectivity index (χ1) is 14.4. The molecule has 0 aliphatic heterocycles. The van der Waals surface area contributed by atoms with E-state index in [-0.39, 0.29) is 21.5 Å². The van der Waals surface area contributed by atoms with Gasteiger partial charge in [0.15, 0.2) is 5.11 Å². The Labute approximate surface area is 185 Å². The number of carbonyl (C=O) groups is 1. The van der Waals surface area contributed by atoms with Crippen LogP contribution in [0.5, 0.6) is 0 Å². The van der Waals surface area contributed by atoms with Crippen molar-refractivity contribution in [3.8, 4) is 5.69 Å². The second-order valence-corrected chi connectivity index (χ2v) is 7.45. The molecule has 0 saturated carbocycles. The highest BCUT2D eigenvalue weighted by Crippen LogP contribution is 2.21. The van der Waals surface area contributed by atoms with Crippen LogP contribution in [0.3, 0.4) is 0 Å². The average Bonchev–Trinajstić information content (AvgIpc) is 3.13. The molecule has 4 aromatic rings. The summed E-state index contributed by atoms with van der Waals surface area (Å²) in [6.45, 7) is 0. The van der Waals surface area contributed by atoms with Crippen molar-refractivity contribution < 1.29 is 9.18 Å². The molecule has 30 heavy (non-hydrogen) atoms. The summed E-state index contributed by atoms with van der Waals surface area (Å²) in [5.41, 5.74) is 2.69. The highest BCUT2D eigenvalue weighted by molar-refractivity contribution is 7.80. The molecule has 0 saturated heterocycles. The third kappa shape index (κ3) is 4.40. The number of rotatable bonds is 3. The summed E-state index contributed by atoms with van der Waals surface area (Å²) < 4.78 is 13.1. The second kappa shape index (κ2) is 8.35. The van der Waals surface area contributed by atoms with Crippen LogP contribution in [-0.4, -0.2) is 26.0 Å². The quantitative estimate of drug-likeness (QED) is 0.422. The maximum Gasteiger partial charge on any atom is 0.258 e. The van der Waals surface area contributed by atoms with Crippen molar-refractivity contribution >= 4 is 63.2 Å². The third-order valence-electron chi connectivity index (χ3n) is 4.10. The van der Waals surface area contributed by atoms with Crippen LogP contribution in [0.1, 0.15) is 10.4 Å². The lowest BCUT2D eigenvalue weighted by Crippen LogP contribution is -2.34. The molecule has 1 amide bonds. The predicted octanol–water partition coefficient (Wildman–Crippen LogP) is 4.99. The molecule has 10 heteroatoms. The summed E-state index contributed by atoms with van der Waals surface area (Å²) in [6, 6.07) is 15.7. The Morgan fingerprint density at radius 2 is 1.70 bits per heavy atom. The lowest BCUT2D eigenvalue weighted by molar-refractivity contribution is 0.0978. The first-order valence-electron chi connectivity index (χ1n) is 8.59. The Balaban J connectivity index is 1.49. The van der Waals surface area contributed by atoms with E-state index in [1.54, 1.807) is 36.4 Å². The number of nitrogens with one attached hydrogen (secondary N) is 2. The van der Waals surface area contributed by atoms with Crippen molar-refractivity contribution in [2.24, 2.45) is 0 Å². The molecule has 1 heterocycles. The van der Waals surface area contributed by atoms with Gasteiger partial charge < -0.3 is 5.32 Å².